The number of fused-ring (bicyclic) bond motifs is 2. The fraction of sp³-hybridized carbons (Fsp3) is 0.682. The SMILES string of the molecule is CC(C(=O)N1CCC2CCC(C1)N2)N1CCC(Cc2ccccc2)CC1.Cl.Cl. The highest BCUT2D eigenvalue weighted by Gasteiger charge is 2.34. The van der Waals surface area contributed by atoms with Gasteiger partial charge in [0.15, 0.2) is 0 Å². The summed E-state index contributed by atoms with van der Waals surface area (Å²) in [6.07, 6.45) is 7.23. The van der Waals surface area contributed by atoms with Gasteiger partial charge in [-0.1, -0.05) is 30.3 Å². The van der Waals surface area contributed by atoms with E-state index in [1.54, 1.807) is 0 Å². The van der Waals surface area contributed by atoms with Crippen LogP contribution in [-0.2, 0) is 11.2 Å². The second-order valence-electron chi connectivity index (χ2n) is 8.56. The van der Waals surface area contributed by atoms with Crippen LogP contribution in [0.25, 0.3) is 0 Å². The number of benzene rings is 1. The van der Waals surface area contributed by atoms with Crippen LogP contribution in [0.3, 0.4) is 0 Å². The summed E-state index contributed by atoms with van der Waals surface area (Å²) in [6.45, 7) is 6.08. The van der Waals surface area contributed by atoms with Crippen molar-refractivity contribution in [1.82, 2.24) is 15.1 Å². The van der Waals surface area contributed by atoms with Crippen LogP contribution in [0.5, 0.6) is 0 Å². The number of carbonyl (C=O) groups excluding carboxylic acids is 1. The van der Waals surface area contributed by atoms with Gasteiger partial charge in [0.05, 0.1) is 6.04 Å². The second-order valence-corrected chi connectivity index (χ2v) is 8.56. The second kappa shape index (κ2) is 10.8. The average Bonchev–Trinajstić information content (AvgIpc) is 3.01. The van der Waals surface area contributed by atoms with Crippen LogP contribution in [0.4, 0.5) is 0 Å². The van der Waals surface area contributed by atoms with E-state index in [1.807, 2.05) is 0 Å². The average molecular weight is 428 g/mol. The molecule has 0 aliphatic carbocycles. The number of halogens is 2. The van der Waals surface area contributed by atoms with Crippen molar-refractivity contribution in [3.63, 3.8) is 0 Å². The minimum atomic E-state index is 0. The van der Waals surface area contributed by atoms with Crippen LogP contribution in [0.15, 0.2) is 30.3 Å². The molecule has 1 N–H and O–H groups in total. The number of hydrogen-bond acceptors (Lipinski definition) is 3. The molecule has 3 aliphatic rings. The van der Waals surface area contributed by atoms with E-state index < -0.39 is 0 Å². The van der Waals surface area contributed by atoms with Gasteiger partial charge in [-0.05, 0) is 70.0 Å². The van der Waals surface area contributed by atoms with Crippen molar-refractivity contribution in [3.05, 3.63) is 35.9 Å². The molecule has 2 bridgehead atoms. The highest BCUT2D eigenvalue weighted by atomic mass is 35.5. The van der Waals surface area contributed by atoms with E-state index in [0.717, 1.165) is 38.5 Å². The van der Waals surface area contributed by atoms with Crippen LogP contribution in [-0.4, -0.2) is 60.0 Å². The van der Waals surface area contributed by atoms with Gasteiger partial charge in [0.25, 0.3) is 0 Å². The van der Waals surface area contributed by atoms with Gasteiger partial charge >= 0.3 is 0 Å². The lowest BCUT2D eigenvalue weighted by molar-refractivity contribution is -0.137. The Bertz CT molecular complexity index is 607. The molecule has 1 amide bonds. The van der Waals surface area contributed by atoms with Gasteiger partial charge in [-0.2, -0.15) is 0 Å². The van der Waals surface area contributed by atoms with Crippen molar-refractivity contribution in [1.29, 1.82) is 0 Å². The van der Waals surface area contributed by atoms with Crippen LogP contribution in [0.1, 0.15) is 44.6 Å². The summed E-state index contributed by atoms with van der Waals surface area (Å²) >= 11 is 0. The van der Waals surface area contributed by atoms with Gasteiger partial charge in [0, 0.05) is 25.2 Å². The lowest BCUT2D eigenvalue weighted by Gasteiger charge is -2.37. The highest BCUT2D eigenvalue weighted by Crippen LogP contribution is 2.25. The normalized spacial score (nSPS) is 26.7. The van der Waals surface area contributed by atoms with E-state index in [9.17, 15) is 4.79 Å². The maximum atomic E-state index is 13.1. The quantitative estimate of drug-likeness (QED) is 0.797. The molecular formula is C22H35Cl2N3O. The monoisotopic (exact) mass is 427 g/mol. The molecule has 3 fully saturated rings. The molecule has 0 saturated carbocycles. The maximum absolute atomic E-state index is 13.1. The Morgan fingerprint density at radius 3 is 2.39 bits per heavy atom. The van der Waals surface area contributed by atoms with E-state index in [1.165, 1.54) is 37.7 Å². The molecule has 0 spiro atoms. The van der Waals surface area contributed by atoms with Crippen molar-refractivity contribution in [2.45, 2.75) is 63.6 Å². The molecule has 4 nitrogen and oxygen atoms in total. The molecular weight excluding hydrogens is 393 g/mol. The predicted molar refractivity (Wildman–Crippen MR) is 120 cm³/mol. The van der Waals surface area contributed by atoms with Gasteiger partial charge in [0.1, 0.15) is 0 Å². The van der Waals surface area contributed by atoms with Crippen molar-refractivity contribution in [3.8, 4) is 0 Å². The van der Waals surface area contributed by atoms with E-state index in [-0.39, 0.29) is 30.9 Å². The Hall–Kier alpha value is -0.810. The largest absolute Gasteiger partial charge is 0.340 e. The number of piperidine rings is 1. The molecule has 1 aromatic carbocycles. The van der Waals surface area contributed by atoms with Crippen LogP contribution in [0.2, 0.25) is 0 Å². The number of likely N-dealkylation sites (tertiary alicyclic amines) is 2. The van der Waals surface area contributed by atoms with Crippen LogP contribution < -0.4 is 5.32 Å². The van der Waals surface area contributed by atoms with Gasteiger partial charge in [0.2, 0.25) is 5.91 Å². The van der Waals surface area contributed by atoms with Gasteiger partial charge in [-0.15, -0.1) is 24.8 Å². The molecule has 0 aromatic heterocycles. The first-order chi connectivity index (χ1) is 12.7. The first kappa shape index (κ1) is 23.5. The van der Waals surface area contributed by atoms with Gasteiger partial charge < -0.3 is 10.2 Å². The highest BCUT2D eigenvalue weighted by molar-refractivity contribution is 5.85. The van der Waals surface area contributed by atoms with E-state index in [2.05, 4.69) is 52.4 Å². The van der Waals surface area contributed by atoms with Crippen LogP contribution >= 0.6 is 24.8 Å². The van der Waals surface area contributed by atoms with E-state index in [0.29, 0.717) is 18.0 Å². The van der Waals surface area contributed by atoms with Gasteiger partial charge in [-0.3, -0.25) is 9.69 Å². The molecule has 1 aromatic rings. The molecule has 6 heteroatoms. The Kier molecular flexibility index (Phi) is 9.07. The molecule has 3 unspecified atom stereocenters. The minimum absolute atomic E-state index is 0. The standard InChI is InChI=1S/C22H33N3O.2ClH/c1-17(22(26)25-14-11-20-7-8-21(16-25)23-20)24-12-9-19(10-13-24)15-18-5-3-2-4-6-18;;/h2-6,17,19-21,23H,7-16H2,1H3;2*1H. The van der Waals surface area contributed by atoms with Crippen LogP contribution in [0, 0.1) is 5.92 Å². The number of nitrogens with zero attached hydrogens (tertiary/aromatic N) is 2. The number of rotatable bonds is 4. The summed E-state index contributed by atoms with van der Waals surface area (Å²) in [5.41, 5.74) is 1.45. The number of nitrogens with one attached hydrogen (secondary N) is 1. The lowest BCUT2D eigenvalue weighted by Crippen LogP contribution is -2.51. The third-order valence-electron chi connectivity index (χ3n) is 6.76. The molecule has 0 radical (unpaired) electrons. The van der Waals surface area contributed by atoms with Gasteiger partial charge in [-0.25, -0.2) is 0 Å². The number of carbonyl (C=O) groups is 1. The molecule has 28 heavy (non-hydrogen) atoms. The number of hydrogen-bond donors (Lipinski definition) is 1. The third kappa shape index (κ3) is 5.63. The Morgan fingerprint density at radius 1 is 1.00 bits per heavy atom. The van der Waals surface area contributed by atoms with E-state index in [4.69, 9.17) is 0 Å². The smallest absolute Gasteiger partial charge is 0.239 e. The summed E-state index contributed by atoms with van der Waals surface area (Å²) in [7, 11) is 0. The summed E-state index contributed by atoms with van der Waals surface area (Å²) in [4.78, 5) is 17.6. The summed E-state index contributed by atoms with van der Waals surface area (Å²) in [6, 6.07) is 12.0. The summed E-state index contributed by atoms with van der Waals surface area (Å²) in [5, 5.41) is 3.68. The first-order valence-electron chi connectivity index (χ1n) is 10.5. The molecule has 3 aliphatic heterocycles. The third-order valence-corrected chi connectivity index (χ3v) is 6.76. The maximum Gasteiger partial charge on any atom is 0.239 e. The van der Waals surface area contributed by atoms with Crippen molar-refractivity contribution in [2.75, 3.05) is 26.2 Å². The van der Waals surface area contributed by atoms with Crippen molar-refractivity contribution in [2.24, 2.45) is 5.92 Å². The zero-order valence-electron chi connectivity index (χ0n) is 16.9. The zero-order valence-corrected chi connectivity index (χ0v) is 18.5. The Morgan fingerprint density at radius 2 is 1.68 bits per heavy atom. The topological polar surface area (TPSA) is 35.6 Å². The Labute approximate surface area is 182 Å². The zero-order chi connectivity index (χ0) is 17.9. The fourth-order valence-corrected chi connectivity index (χ4v) is 5.06. The minimum Gasteiger partial charge on any atom is -0.340 e. The predicted octanol–water partition coefficient (Wildman–Crippen LogP) is 3.53. The molecule has 3 heterocycles. The Balaban J connectivity index is 0.00000140. The molecule has 3 atom stereocenters. The summed E-state index contributed by atoms with van der Waals surface area (Å²) < 4.78 is 0. The van der Waals surface area contributed by atoms with Crippen molar-refractivity contribution >= 4 is 30.7 Å². The molecule has 4 rings (SSSR count). The van der Waals surface area contributed by atoms with E-state index >= 15 is 0 Å². The molecule has 158 valence electrons. The lowest BCUT2D eigenvalue weighted by atomic mass is 9.89. The molecule has 3 saturated heterocycles. The first-order valence-corrected chi connectivity index (χ1v) is 10.5. The van der Waals surface area contributed by atoms with Crippen molar-refractivity contribution < 1.29 is 4.79 Å². The fourth-order valence-electron chi connectivity index (χ4n) is 5.06. The summed E-state index contributed by atoms with van der Waals surface area (Å²) in [5.74, 6) is 1.11. The number of amides is 1.